The van der Waals surface area contributed by atoms with Crippen LogP contribution in [0.25, 0.3) is 0 Å². The van der Waals surface area contributed by atoms with Crippen molar-refractivity contribution in [2.24, 2.45) is 0 Å². The molecule has 0 atom stereocenters. The molecular formula is H4Cl4O2Si. The monoisotopic (exact) mass is 204 g/mol. The molecule has 0 aromatic carbocycles. The molecule has 0 amide bonds. The molecule has 0 rings (SSSR count). The maximum Gasteiger partial charge on any atom is 0.440 e. The van der Waals surface area contributed by atoms with Crippen LogP contribution in [-0.2, 0) is 0 Å². The Hall–Kier alpha value is 1.30. The molecule has 0 aliphatic heterocycles. The molecule has 0 spiro atoms. The zero-order valence-corrected chi connectivity index (χ0v) is 7.04. The molecule has 0 heterocycles. The molecule has 0 radical (unpaired) electrons. The third-order valence-corrected chi connectivity index (χ3v) is 0. The van der Waals surface area contributed by atoms with Crippen molar-refractivity contribution in [1.82, 2.24) is 0 Å². The molecule has 0 aromatic heterocycles. The van der Waals surface area contributed by atoms with Crippen LogP contribution >= 0.6 is 44.3 Å². The molecule has 7 heteroatoms. The molecule has 0 fully saturated rings. The van der Waals surface area contributed by atoms with Gasteiger partial charge in [0, 0.05) is 0 Å². The van der Waals surface area contributed by atoms with Crippen molar-refractivity contribution in [3.8, 4) is 0 Å². The summed E-state index contributed by atoms with van der Waals surface area (Å²) in [5, 5.41) is -2.72. The Labute approximate surface area is 60.8 Å². The van der Waals surface area contributed by atoms with Gasteiger partial charge in [0.15, 0.2) is 0 Å². The molecule has 0 saturated heterocycles. The van der Waals surface area contributed by atoms with Crippen LogP contribution in [0.1, 0.15) is 0 Å². The van der Waals surface area contributed by atoms with Crippen molar-refractivity contribution in [2.75, 3.05) is 0 Å². The lowest BCUT2D eigenvalue weighted by atomic mass is 16.0. The van der Waals surface area contributed by atoms with E-state index >= 15 is 0 Å². The van der Waals surface area contributed by atoms with Crippen molar-refractivity contribution < 1.29 is 11.0 Å². The summed E-state index contributed by atoms with van der Waals surface area (Å²) in [6, 6.07) is 0. The number of rotatable bonds is 0. The van der Waals surface area contributed by atoms with Gasteiger partial charge in [0.1, 0.15) is 0 Å². The number of hydrogen-bond acceptors (Lipinski definition) is 0. The van der Waals surface area contributed by atoms with E-state index in [0.717, 1.165) is 0 Å². The first kappa shape index (κ1) is 15.7. The van der Waals surface area contributed by atoms with Gasteiger partial charge in [-0.1, -0.05) is 0 Å². The van der Waals surface area contributed by atoms with Crippen molar-refractivity contribution in [3.05, 3.63) is 0 Å². The lowest BCUT2D eigenvalue weighted by Gasteiger charge is -1.85. The van der Waals surface area contributed by atoms with E-state index in [9.17, 15) is 0 Å². The summed E-state index contributed by atoms with van der Waals surface area (Å²) in [5.74, 6) is 0. The first-order valence-electron chi connectivity index (χ1n) is 0.756. The normalized spacial score (nSPS) is 8.57. The highest BCUT2D eigenvalue weighted by atomic mass is 36.0. The summed E-state index contributed by atoms with van der Waals surface area (Å²) in [7, 11) is 0. The van der Waals surface area contributed by atoms with Crippen LogP contribution in [0.3, 0.4) is 0 Å². The second-order valence-corrected chi connectivity index (χ2v) is 11.6. The fourth-order valence-electron chi connectivity index (χ4n) is 0. The van der Waals surface area contributed by atoms with Crippen molar-refractivity contribution in [2.45, 2.75) is 0 Å². The van der Waals surface area contributed by atoms with E-state index in [1.165, 1.54) is 0 Å². The highest BCUT2D eigenvalue weighted by Gasteiger charge is 2.19. The van der Waals surface area contributed by atoms with Crippen LogP contribution in [0.5, 0.6) is 0 Å². The minimum atomic E-state index is -2.72. The lowest BCUT2D eigenvalue weighted by molar-refractivity contribution is 0.823. The van der Waals surface area contributed by atoms with E-state index in [4.69, 9.17) is 44.3 Å². The summed E-state index contributed by atoms with van der Waals surface area (Å²) in [4.78, 5) is 0. The molecule has 2 nitrogen and oxygen atoms in total. The van der Waals surface area contributed by atoms with E-state index in [-0.39, 0.29) is 11.0 Å². The Balaban J connectivity index is -0.0000000800. The quantitative estimate of drug-likeness (QED) is 0.414. The summed E-state index contributed by atoms with van der Waals surface area (Å²) in [6.45, 7) is 0. The van der Waals surface area contributed by atoms with Gasteiger partial charge in [0.05, 0.1) is 0 Å². The second kappa shape index (κ2) is 5.43. The maximum absolute atomic E-state index is 4.97. The second-order valence-electron chi connectivity index (χ2n) is 0.429. The number of hydrogen-bond donors (Lipinski definition) is 0. The molecule has 0 saturated carbocycles. The molecule has 48 valence electrons. The number of halogens is 4. The van der Waals surface area contributed by atoms with Gasteiger partial charge in [0.25, 0.3) is 0 Å². The van der Waals surface area contributed by atoms with E-state index in [1.54, 1.807) is 0 Å². The van der Waals surface area contributed by atoms with Crippen LogP contribution in [0, 0.1) is 0 Å². The average molecular weight is 206 g/mol. The van der Waals surface area contributed by atoms with Crippen LogP contribution in [0.4, 0.5) is 0 Å². The zero-order valence-electron chi connectivity index (χ0n) is 3.01. The predicted molar refractivity (Wildman–Crippen MR) is 36.4 cm³/mol. The first-order chi connectivity index (χ1) is 2.00. The van der Waals surface area contributed by atoms with Gasteiger partial charge >= 0.3 is 5.31 Å². The standard InChI is InChI=1S/Cl4Si.2H2O/c1-5(2,3)4;;/h;2*1H2. The van der Waals surface area contributed by atoms with Crippen LogP contribution in [-0.4, -0.2) is 16.3 Å². The van der Waals surface area contributed by atoms with E-state index in [0.29, 0.717) is 0 Å². The Bertz CT molecular complexity index is 25.2. The summed E-state index contributed by atoms with van der Waals surface area (Å²) >= 11 is 19.9. The molecule has 4 N–H and O–H groups in total. The predicted octanol–water partition coefficient (Wildman–Crippen LogP) is 0.728. The highest BCUT2D eigenvalue weighted by molar-refractivity contribution is 7.81. The third-order valence-electron chi connectivity index (χ3n) is 0. The topological polar surface area (TPSA) is 63.0 Å². The van der Waals surface area contributed by atoms with Crippen LogP contribution < -0.4 is 0 Å². The largest absolute Gasteiger partial charge is 0.440 e. The fourth-order valence-corrected chi connectivity index (χ4v) is 0. The Morgan fingerprint density at radius 3 is 0.714 bits per heavy atom. The van der Waals surface area contributed by atoms with Gasteiger partial charge in [-0.3, -0.25) is 0 Å². The third kappa shape index (κ3) is 122. The first-order valence-corrected chi connectivity index (χ1v) is 6.80. The van der Waals surface area contributed by atoms with E-state index < -0.39 is 5.31 Å². The molecular weight excluding hydrogens is 202 g/mol. The Morgan fingerprint density at radius 2 is 0.714 bits per heavy atom. The molecule has 0 unspecified atom stereocenters. The van der Waals surface area contributed by atoms with Gasteiger partial charge in [0.2, 0.25) is 0 Å². The molecule has 7 heavy (non-hydrogen) atoms. The summed E-state index contributed by atoms with van der Waals surface area (Å²) in [6.07, 6.45) is 0. The molecule has 0 aliphatic rings. The average Bonchev–Trinajstić information content (AvgIpc) is 0.722. The smallest absolute Gasteiger partial charge is 0.412 e. The van der Waals surface area contributed by atoms with Gasteiger partial charge < -0.3 is 11.0 Å². The maximum atomic E-state index is 4.97. The summed E-state index contributed by atoms with van der Waals surface area (Å²) < 4.78 is 0. The fraction of sp³-hybridized carbons (Fsp3) is 0. The molecule has 0 aromatic rings. The van der Waals surface area contributed by atoms with E-state index in [1.807, 2.05) is 0 Å². The minimum absolute atomic E-state index is 0. The van der Waals surface area contributed by atoms with Crippen molar-refractivity contribution >= 4 is 49.6 Å². The van der Waals surface area contributed by atoms with Crippen LogP contribution in [0.15, 0.2) is 0 Å². The molecule has 0 aliphatic carbocycles. The Kier molecular flexibility index (Phi) is 12.2. The summed E-state index contributed by atoms with van der Waals surface area (Å²) in [5.41, 5.74) is 0. The molecule has 0 bridgehead atoms. The SMILES string of the molecule is Cl[Si](Cl)(Cl)Cl.O.O. The minimum Gasteiger partial charge on any atom is -0.412 e. The van der Waals surface area contributed by atoms with Gasteiger partial charge in [-0.25, -0.2) is 0 Å². The van der Waals surface area contributed by atoms with E-state index in [2.05, 4.69) is 0 Å². The lowest BCUT2D eigenvalue weighted by Crippen LogP contribution is -1.91. The Morgan fingerprint density at radius 1 is 0.714 bits per heavy atom. The van der Waals surface area contributed by atoms with Gasteiger partial charge in [-0.15, -0.1) is 44.3 Å². The zero-order chi connectivity index (χ0) is 4.50. The van der Waals surface area contributed by atoms with Gasteiger partial charge in [-0.05, 0) is 0 Å². The highest BCUT2D eigenvalue weighted by Crippen LogP contribution is 2.23. The van der Waals surface area contributed by atoms with Gasteiger partial charge in [-0.2, -0.15) is 0 Å². The van der Waals surface area contributed by atoms with Crippen LogP contribution in [0.2, 0.25) is 0 Å². The van der Waals surface area contributed by atoms with Crippen molar-refractivity contribution in [3.63, 3.8) is 0 Å². The van der Waals surface area contributed by atoms with Crippen molar-refractivity contribution in [1.29, 1.82) is 0 Å².